The minimum Gasteiger partial charge on any atom is -0.396 e. The molecule has 90 valence electrons. The highest BCUT2D eigenvalue weighted by Gasteiger charge is 2.12. The zero-order valence-electron chi connectivity index (χ0n) is 9.96. The highest BCUT2D eigenvalue weighted by Crippen LogP contribution is 2.11. The van der Waals surface area contributed by atoms with Crippen LogP contribution in [-0.4, -0.2) is 32.9 Å². The molecule has 2 atom stereocenters. The minimum absolute atomic E-state index is 0.1000. The normalized spacial score (nSPS) is 14.5. The van der Waals surface area contributed by atoms with Gasteiger partial charge in [0.2, 0.25) is 5.95 Å². The van der Waals surface area contributed by atoms with Gasteiger partial charge in [-0.1, -0.05) is 19.1 Å². The zero-order valence-corrected chi connectivity index (χ0v) is 9.96. The molecule has 2 rings (SSSR count). The van der Waals surface area contributed by atoms with E-state index < -0.39 is 0 Å². The van der Waals surface area contributed by atoms with Crippen LogP contribution in [0, 0.1) is 5.92 Å². The Morgan fingerprint density at radius 3 is 2.59 bits per heavy atom. The van der Waals surface area contributed by atoms with Crippen molar-refractivity contribution in [2.75, 3.05) is 11.9 Å². The highest BCUT2D eigenvalue weighted by molar-refractivity contribution is 5.74. The molecule has 2 unspecified atom stereocenters. The number of nitrogens with zero attached hydrogens (tertiary/aromatic N) is 3. The Morgan fingerprint density at radius 1 is 1.18 bits per heavy atom. The molecule has 1 heterocycles. The molecule has 5 nitrogen and oxygen atoms in total. The Morgan fingerprint density at radius 2 is 1.88 bits per heavy atom. The zero-order chi connectivity index (χ0) is 12.3. The number of fused-ring (bicyclic) bond motifs is 1. The Balaban J connectivity index is 2.19. The van der Waals surface area contributed by atoms with Crippen molar-refractivity contribution in [1.82, 2.24) is 15.2 Å². The summed E-state index contributed by atoms with van der Waals surface area (Å²) in [5, 5.41) is 20.3. The minimum atomic E-state index is 0.1000. The van der Waals surface area contributed by atoms with Crippen LogP contribution in [0.5, 0.6) is 0 Å². The summed E-state index contributed by atoms with van der Waals surface area (Å²) >= 11 is 0. The van der Waals surface area contributed by atoms with Crippen molar-refractivity contribution < 1.29 is 5.11 Å². The summed E-state index contributed by atoms with van der Waals surface area (Å²) in [6, 6.07) is 7.69. The number of aliphatic hydroxyl groups excluding tert-OH is 1. The van der Waals surface area contributed by atoms with Crippen LogP contribution >= 0.6 is 0 Å². The first-order chi connectivity index (χ1) is 8.20. The molecule has 0 fully saturated rings. The van der Waals surface area contributed by atoms with E-state index in [9.17, 15) is 0 Å². The number of rotatable bonds is 4. The first-order valence-electron chi connectivity index (χ1n) is 5.67. The second kappa shape index (κ2) is 5.05. The Kier molecular flexibility index (Phi) is 3.49. The molecule has 2 aromatic rings. The summed E-state index contributed by atoms with van der Waals surface area (Å²) in [7, 11) is 0. The number of nitrogens with one attached hydrogen (secondary N) is 1. The number of anilines is 1. The summed E-state index contributed by atoms with van der Waals surface area (Å²) < 4.78 is 0. The first-order valence-corrected chi connectivity index (χ1v) is 5.67. The molecule has 0 saturated heterocycles. The smallest absolute Gasteiger partial charge is 0.243 e. The molecule has 0 bridgehead atoms. The quantitative estimate of drug-likeness (QED) is 0.835. The van der Waals surface area contributed by atoms with Gasteiger partial charge in [0, 0.05) is 12.6 Å². The number of hydrogen-bond donors (Lipinski definition) is 2. The fourth-order valence-corrected chi connectivity index (χ4v) is 1.45. The van der Waals surface area contributed by atoms with Gasteiger partial charge in [-0.3, -0.25) is 0 Å². The Bertz CT molecular complexity index is 503. The van der Waals surface area contributed by atoms with E-state index in [1.54, 1.807) is 0 Å². The van der Waals surface area contributed by atoms with E-state index in [1.807, 2.05) is 38.1 Å². The first kappa shape index (κ1) is 11.7. The maximum atomic E-state index is 9.06. The lowest BCUT2D eigenvalue weighted by atomic mass is 10.1. The van der Waals surface area contributed by atoms with Gasteiger partial charge in [0.15, 0.2) is 0 Å². The van der Waals surface area contributed by atoms with Gasteiger partial charge in [-0.2, -0.15) is 0 Å². The Hall–Kier alpha value is -1.75. The van der Waals surface area contributed by atoms with Crippen molar-refractivity contribution in [2.45, 2.75) is 19.9 Å². The largest absolute Gasteiger partial charge is 0.396 e. The molecule has 0 aliphatic rings. The molecular formula is C12H16N4O. The highest BCUT2D eigenvalue weighted by atomic mass is 16.3. The lowest BCUT2D eigenvalue weighted by molar-refractivity contribution is 0.226. The predicted octanol–water partition coefficient (Wildman–Crippen LogP) is 1.45. The maximum absolute atomic E-state index is 9.06. The van der Waals surface area contributed by atoms with Crippen molar-refractivity contribution in [3.8, 4) is 0 Å². The summed E-state index contributed by atoms with van der Waals surface area (Å²) in [4.78, 5) is 4.37. The van der Waals surface area contributed by atoms with Gasteiger partial charge >= 0.3 is 0 Å². The molecule has 2 N–H and O–H groups in total. The van der Waals surface area contributed by atoms with E-state index in [2.05, 4.69) is 20.5 Å². The van der Waals surface area contributed by atoms with E-state index in [-0.39, 0.29) is 18.6 Å². The summed E-state index contributed by atoms with van der Waals surface area (Å²) in [5.74, 6) is 0.640. The average Bonchev–Trinajstić information content (AvgIpc) is 2.37. The van der Waals surface area contributed by atoms with Crippen LogP contribution < -0.4 is 5.32 Å². The third-order valence-corrected chi connectivity index (χ3v) is 2.86. The molecule has 0 radical (unpaired) electrons. The van der Waals surface area contributed by atoms with Gasteiger partial charge in [0.1, 0.15) is 5.52 Å². The van der Waals surface area contributed by atoms with Crippen LogP contribution in [-0.2, 0) is 0 Å². The second-order valence-corrected chi connectivity index (χ2v) is 4.22. The van der Waals surface area contributed by atoms with Crippen LogP contribution in [0.3, 0.4) is 0 Å². The number of hydrogen-bond acceptors (Lipinski definition) is 5. The van der Waals surface area contributed by atoms with Crippen molar-refractivity contribution in [3.63, 3.8) is 0 Å². The van der Waals surface area contributed by atoms with Crippen LogP contribution in [0.2, 0.25) is 0 Å². The topological polar surface area (TPSA) is 70.9 Å². The molecule has 0 amide bonds. The summed E-state index contributed by atoms with van der Waals surface area (Å²) in [5.41, 5.74) is 1.59. The lowest BCUT2D eigenvalue weighted by Crippen LogP contribution is -2.27. The molecule has 17 heavy (non-hydrogen) atoms. The number of aliphatic hydroxyl groups is 1. The maximum Gasteiger partial charge on any atom is 0.243 e. The van der Waals surface area contributed by atoms with E-state index in [0.717, 1.165) is 11.0 Å². The van der Waals surface area contributed by atoms with Crippen molar-refractivity contribution in [1.29, 1.82) is 0 Å². The van der Waals surface area contributed by atoms with Crippen LogP contribution in [0.15, 0.2) is 24.3 Å². The third-order valence-electron chi connectivity index (χ3n) is 2.86. The van der Waals surface area contributed by atoms with Gasteiger partial charge in [-0.15, -0.1) is 10.2 Å². The van der Waals surface area contributed by atoms with E-state index in [0.29, 0.717) is 5.95 Å². The fourth-order valence-electron chi connectivity index (χ4n) is 1.45. The average molecular weight is 232 g/mol. The van der Waals surface area contributed by atoms with E-state index in [1.165, 1.54) is 0 Å². The van der Waals surface area contributed by atoms with Gasteiger partial charge in [0.05, 0.1) is 5.52 Å². The van der Waals surface area contributed by atoms with E-state index in [4.69, 9.17) is 5.11 Å². The second-order valence-electron chi connectivity index (χ2n) is 4.22. The molecule has 0 spiro atoms. The van der Waals surface area contributed by atoms with Gasteiger partial charge in [-0.25, -0.2) is 4.98 Å². The van der Waals surface area contributed by atoms with Crippen LogP contribution in [0.25, 0.3) is 11.0 Å². The molecular weight excluding hydrogens is 216 g/mol. The third kappa shape index (κ3) is 2.68. The van der Waals surface area contributed by atoms with Gasteiger partial charge < -0.3 is 10.4 Å². The lowest BCUT2D eigenvalue weighted by Gasteiger charge is -2.18. The molecule has 0 saturated carbocycles. The molecule has 1 aromatic heterocycles. The van der Waals surface area contributed by atoms with Gasteiger partial charge in [0.25, 0.3) is 0 Å². The van der Waals surface area contributed by atoms with Crippen molar-refractivity contribution in [2.24, 2.45) is 5.92 Å². The standard InChI is InChI=1S/C12H16N4O/c1-8(7-17)9(2)13-12-14-10-5-3-4-6-11(10)15-16-12/h3-6,8-9,17H,7H2,1-2H3,(H,13,14,16). The van der Waals surface area contributed by atoms with Crippen LogP contribution in [0.1, 0.15) is 13.8 Å². The van der Waals surface area contributed by atoms with E-state index >= 15 is 0 Å². The van der Waals surface area contributed by atoms with Crippen molar-refractivity contribution >= 4 is 17.0 Å². The molecule has 1 aromatic carbocycles. The number of benzene rings is 1. The fraction of sp³-hybridized carbons (Fsp3) is 0.417. The van der Waals surface area contributed by atoms with Gasteiger partial charge in [-0.05, 0) is 25.0 Å². The van der Waals surface area contributed by atoms with Crippen LogP contribution in [0.4, 0.5) is 5.95 Å². The molecule has 0 aliphatic heterocycles. The SMILES string of the molecule is CC(CO)C(C)Nc1nnc2ccccc2n1. The Labute approximate surface area is 99.9 Å². The molecule has 5 heteroatoms. The van der Waals surface area contributed by atoms with Crippen molar-refractivity contribution in [3.05, 3.63) is 24.3 Å². The predicted molar refractivity (Wildman–Crippen MR) is 66.7 cm³/mol. The summed E-state index contributed by atoms with van der Waals surface area (Å²) in [6.07, 6.45) is 0. The summed E-state index contributed by atoms with van der Waals surface area (Å²) in [6.45, 7) is 4.08. The molecule has 0 aliphatic carbocycles. The number of para-hydroxylation sites is 1. The monoisotopic (exact) mass is 232 g/mol. The number of aromatic nitrogens is 3.